The lowest BCUT2D eigenvalue weighted by Crippen LogP contribution is -2.53. The molecule has 1 N–H and O–H groups in total. The van der Waals surface area contributed by atoms with E-state index in [9.17, 15) is 9.59 Å². The Hall–Kier alpha value is -2.82. The zero-order valence-electron chi connectivity index (χ0n) is 19.5. The van der Waals surface area contributed by atoms with Crippen LogP contribution in [-0.2, 0) is 16.1 Å². The second kappa shape index (κ2) is 11.5. The zero-order chi connectivity index (χ0) is 22.9. The number of amides is 2. The predicted molar refractivity (Wildman–Crippen MR) is 125 cm³/mol. The molecule has 1 unspecified atom stereocenters. The average Bonchev–Trinajstić information content (AvgIpc) is 2.71. The van der Waals surface area contributed by atoms with Gasteiger partial charge in [0.05, 0.1) is 6.61 Å². The van der Waals surface area contributed by atoms with Gasteiger partial charge < -0.3 is 15.0 Å². The topological polar surface area (TPSA) is 58.6 Å². The molecule has 2 rings (SSSR count). The van der Waals surface area contributed by atoms with Crippen molar-refractivity contribution < 1.29 is 14.3 Å². The maximum Gasteiger partial charge on any atom is 0.243 e. The number of rotatable bonds is 10. The monoisotopic (exact) mass is 424 g/mol. The van der Waals surface area contributed by atoms with Crippen molar-refractivity contribution >= 4 is 11.8 Å². The van der Waals surface area contributed by atoms with E-state index in [1.165, 1.54) is 5.56 Å². The van der Waals surface area contributed by atoms with Gasteiger partial charge in [-0.25, -0.2) is 0 Å². The molecule has 0 saturated heterocycles. The SMILES string of the molecule is CCC(C(=O)NC(C)(C)C)N(Cc1ccccc1)C(=O)CCCOc1ccc(C)cc1. The minimum atomic E-state index is -0.509. The maximum atomic E-state index is 13.2. The van der Waals surface area contributed by atoms with Gasteiger partial charge in [0.1, 0.15) is 11.8 Å². The molecule has 1 atom stereocenters. The van der Waals surface area contributed by atoms with Crippen molar-refractivity contribution in [2.75, 3.05) is 6.61 Å². The third kappa shape index (κ3) is 8.44. The van der Waals surface area contributed by atoms with Gasteiger partial charge in [-0.15, -0.1) is 0 Å². The molecular weight excluding hydrogens is 388 g/mol. The Balaban J connectivity index is 2.04. The van der Waals surface area contributed by atoms with Crippen LogP contribution in [0, 0.1) is 6.92 Å². The normalized spacial score (nSPS) is 12.2. The molecule has 0 aromatic heterocycles. The van der Waals surface area contributed by atoms with Gasteiger partial charge in [-0.1, -0.05) is 55.0 Å². The summed E-state index contributed by atoms with van der Waals surface area (Å²) >= 11 is 0. The Bertz CT molecular complexity index is 826. The van der Waals surface area contributed by atoms with E-state index in [2.05, 4.69) is 5.32 Å². The van der Waals surface area contributed by atoms with Crippen LogP contribution in [0.1, 0.15) is 58.1 Å². The Labute approximate surface area is 186 Å². The Morgan fingerprint density at radius 1 is 1.03 bits per heavy atom. The van der Waals surface area contributed by atoms with Crippen LogP contribution in [0.2, 0.25) is 0 Å². The third-order valence-electron chi connectivity index (χ3n) is 4.90. The maximum absolute atomic E-state index is 13.2. The summed E-state index contributed by atoms with van der Waals surface area (Å²) in [6, 6.07) is 17.2. The molecule has 0 aliphatic heterocycles. The number of hydrogen-bond acceptors (Lipinski definition) is 3. The second-order valence-electron chi connectivity index (χ2n) is 8.94. The highest BCUT2D eigenvalue weighted by atomic mass is 16.5. The fourth-order valence-corrected chi connectivity index (χ4v) is 3.34. The van der Waals surface area contributed by atoms with Gasteiger partial charge in [0.15, 0.2) is 0 Å². The summed E-state index contributed by atoms with van der Waals surface area (Å²) in [5.41, 5.74) is 1.83. The van der Waals surface area contributed by atoms with Crippen LogP contribution >= 0.6 is 0 Å². The van der Waals surface area contributed by atoms with Crippen molar-refractivity contribution in [3.8, 4) is 5.75 Å². The summed E-state index contributed by atoms with van der Waals surface area (Å²) in [6.45, 7) is 10.7. The smallest absolute Gasteiger partial charge is 0.243 e. The lowest BCUT2D eigenvalue weighted by molar-refractivity contribution is -0.142. The molecule has 2 aromatic carbocycles. The Morgan fingerprint density at radius 2 is 1.68 bits per heavy atom. The van der Waals surface area contributed by atoms with Crippen LogP contribution in [0.25, 0.3) is 0 Å². The van der Waals surface area contributed by atoms with Crippen LogP contribution in [0.4, 0.5) is 0 Å². The molecule has 2 aromatic rings. The lowest BCUT2D eigenvalue weighted by atomic mass is 10.0. The van der Waals surface area contributed by atoms with Crippen LogP contribution < -0.4 is 10.1 Å². The summed E-state index contributed by atoms with van der Waals surface area (Å²) in [5, 5.41) is 3.03. The largest absolute Gasteiger partial charge is 0.494 e. The van der Waals surface area contributed by atoms with Crippen molar-refractivity contribution in [3.63, 3.8) is 0 Å². The summed E-state index contributed by atoms with van der Waals surface area (Å²) < 4.78 is 5.76. The van der Waals surface area contributed by atoms with Gasteiger partial charge in [0, 0.05) is 18.5 Å². The molecule has 0 saturated carbocycles. The molecule has 31 heavy (non-hydrogen) atoms. The molecule has 0 bridgehead atoms. The molecule has 5 heteroatoms. The number of hydrogen-bond donors (Lipinski definition) is 1. The van der Waals surface area contributed by atoms with E-state index < -0.39 is 6.04 Å². The van der Waals surface area contributed by atoms with Crippen molar-refractivity contribution in [1.29, 1.82) is 0 Å². The molecule has 5 nitrogen and oxygen atoms in total. The van der Waals surface area contributed by atoms with Crippen LogP contribution in [0.5, 0.6) is 5.75 Å². The molecule has 0 radical (unpaired) electrons. The van der Waals surface area contributed by atoms with Crippen molar-refractivity contribution in [2.24, 2.45) is 0 Å². The van der Waals surface area contributed by atoms with Crippen LogP contribution in [0.15, 0.2) is 54.6 Å². The summed E-state index contributed by atoms with van der Waals surface area (Å²) in [4.78, 5) is 27.8. The number of ether oxygens (including phenoxy) is 1. The standard InChI is InChI=1S/C26H36N2O3/c1-6-23(25(30)27-26(3,4)5)28(19-21-11-8-7-9-12-21)24(29)13-10-18-31-22-16-14-20(2)15-17-22/h7-9,11-12,14-17,23H,6,10,13,18-19H2,1-5H3,(H,27,30). The first-order valence-corrected chi connectivity index (χ1v) is 11.0. The minimum absolute atomic E-state index is 0.0349. The van der Waals surface area contributed by atoms with Crippen molar-refractivity contribution in [2.45, 2.75) is 72.0 Å². The molecule has 0 heterocycles. The minimum Gasteiger partial charge on any atom is -0.494 e. The van der Waals surface area contributed by atoms with Crippen LogP contribution in [0.3, 0.4) is 0 Å². The molecule has 0 fully saturated rings. The van der Waals surface area contributed by atoms with Crippen LogP contribution in [-0.4, -0.2) is 34.9 Å². The molecular formula is C26H36N2O3. The lowest BCUT2D eigenvalue weighted by Gasteiger charge is -2.33. The third-order valence-corrected chi connectivity index (χ3v) is 4.90. The summed E-state index contributed by atoms with van der Waals surface area (Å²) in [5.74, 6) is 0.651. The number of nitrogens with zero attached hydrogens (tertiary/aromatic N) is 1. The predicted octanol–water partition coefficient (Wildman–Crippen LogP) is 4.88. The van der Waals surface area contributed by atoms with Gasteiger partial charge in [0.25, 0.3) is 0 Å². The van der Waals surface area contributed by atoms with Gasteiger partial charge in [-0.2, -0.15) is 0 Å². The van der Waals surface area contributed by atoms with E-state index in [1.54, 1.807) is 4.90 Å². The molecule has 2 amide bonds. The fraction of sp³-hybridized carbons (Fsp3) is 0.462. The van der Waals surface area contributed by atoms with E-state index >= 15 is 0 Å². The van der Waals surface area contributed by atoms with E-state index in [4.69, 9.17) is 4.74 Å². The first-order valence-electron chi connectivity index (χ1n) is 11.0. The summed E-state index contributed by atoms with van der Waals surface area (Å²) in [7, 11) is 0. The molecule has 0 aliphatic rings. The number of carbonyl (C=O) groups is 2. The number of carbonyl (C=O) groups excluding carboxylic acids is 2. The van der Waals surface area contributed by atoms with Gasteiger partial charge in [-0.05, 0) is 58.2 Å². The van der Waals surface area contributed by atoms with Gasteiger partial charge >= 0.3 is 0 Å². The van der Waals surface area contributed by atoms with Gasteiger partial charge in [0.2, 0.25) is 11.8 Å². The first kappa shape index (κ1) is 24.4. The fourth-order valence-electron chi connectivity index (χ4n) is 3.34. The van der Waals surface area contributed by atoms with E-state index in [1.807, 2.05) is 89.2 Å². The zero-order valence-corrected chi connectivity index (χ0v) is 19.5. The quantitative estimate of drug-likeness (QED) is 0.553. The number of benzene rings is 2. The van der Waals surface area contributed by atoms with Crippen molar-refractivity contribution in [3.05, 3.63) is 65.7 Å². The number of nitrogens with one attached hydrogen (secondary N) is 1. The summed E-state index contributed by atoms with van der Waals surface area (Å²) in [6.07, 6.45) is 1.48. The van der Waals surface area contributed by atoms with E-state index in [-0.39, 0.29) is 17.4 Å². The number of aryl methyl sites for hydroxylation is 1. The van der Waals surface area contributed by atoms with Crippen molar-refractivity contribution in [1.82, 2.24) is 10.2 Å². The molecule has 0 aliphatic carbocycles. The van der Waals surface area contributed by atoms with Gasteiger partial charge in [-0.3, -0.25) is 9.59 Å². The highest BCUT2D eigenvalue weighted by molar-refractivity contribution is 5.88. The highest BCUT2D eigenvalue weighted by Gasteiger charge is 2.30. The highest BCUT2D eigenvalue weighted by Crippen LogP contribution is 2.16. The first-order chi connectivity index (χ1) is 14.7. The second-order valence-corrected chi connectivity index (χ2v) is 8.94. The Morgan fingerprint density at radius 3 is 2.26 bits per heavy atom. The molecule has 168 valence electrons. The van der Waals surface area contributed by atoms with E-state index in [0.29, 0.717) is 32.4 Å². The van der Waals surface area contributed by atoms with E-state index in [0.717, 1.165) is 11.3 Å². The Kier molecular flexibility index (Phi) is 9.10. The molecule has 0 spiro atoms. The average molecular weight is 425 g/mol.